The van der Waals surface area contributed by atoms with Gasteiger partial charge in [-0.25, -0.2) is 0 Å². The van der Waals surface area contributed by atoms with E-state index in [0.29, 0.717) is 0 Å². The third kappa shape index (κ3) is 4.15. The minimum Gasteiger partial charge on any atom is -0.310 e. The molecular weight excluding hydrogens is 639 g/mol. The van der Waals surface area contributed by atoms with Gasteiger partial charge in [0.1, 0.15) is 0 Å². The molecule has 5 saturated carbocycles. The molecule has 4 bridgehead atoms. The van der Waals surface area contributed by atoms with E-state index in [0.717, 1.165) is 23.7 Å². The second-order valence-corrected chi connectivity index (χ2v) is 17.6. The lowest BCUT2D eigenvalue weighted by Gasteiger charge is -2.53. The van der Waals surface area contributed by atoms with Crippen LogP contribution < -0.4 is 4.90 Å². The smallest absolute Gasteiger partial charge is 0.0540 e. The van der Waals surface area contributed by atoms with Gasteiger partial charge in [-0.1, -0.05) is 128 Å². The van der Waals surface area contributed by atoms with E-state index < -0.39 is 0 Å². The molecule has 13 rings (SSSR count). The summed E-state index contributed by atoms with van der Waals surface area (Å²) in [5, 5.41) is 0. The summed E-state index contributed by atoms with van der Waals surface area (Å²) in [5.41, 5.74) is 18.8. The molecule has 1 nitrogen and oxygen atoms in total. The number of hydrogen-bond acceptors (Lipinski definition) is 1. The molecule has 0 amide bonds. The summed E-state index contributed by atoms with van der Waals surface area (Å²) in [6.07, 6.45) is 13.6. The summed E-state index contributed by atoms with van der Waals surface area (Å²) < 4.78 is 0. The number of fused-ring (bicyclic) bond motifs is 9. The van der Waals surface area contributed by atoms with Crippen LogP contribution in [0.4, 0.5) is 17.1 Å². The first-order valence-corrected chi connectivity index (χ1v) is 20.7. The Morgan fingerprint density at radius 2 is 1.06 bits per heavy atom. The summed E-state index contributed by atoms with van der Waals surface area (Å²) in [7, 11) is 0. The Balaban J connectivity index is 1.10. The topological polar surface area (TPSA) is 3.24 Å². The van der Waals surface area contributed by atoms with Crippen molar-refractivity contribution in [1.82, 2.24) is 0 Å². The Kier molecular flexibility index (Phi) is 6.53. The minimum atomic E-state index is 0.115. The van der Waals surface area contributed by atoms with E-state index in [1.54, 1.807) is 22.3 Å². The lowest BCUT2D eigenvalue weighted by molar-refractivity contribution is 0.0618. The van der Waals surface area contributed by atoms with Crippen LogP contribution in [0.3, 0.4) is 0 Å². The molecule has 0 aromatic heterocycles. The van der Waals surface area contributed by atoms with Gasteiger partial charge >= 0.3 is 0 Å². The Morgan fingerprint density at radius 1 is 0.434 bits per heavy atom. The van der Waals surface area contributed by atoms with Crippen LogP contribution in [0.15, 0.2) is 140 Å². The molecule has 1 heteroatoms. The molecule has 260 valence electrons. The maximum atomic E-state index is 2.68. The molecule has 0 heterocycles. The van der Waals surface area contributed by atoms with E-state index in [1.807, 2.05) is 0 Å². The van der Waals surface area contributed by atoms with E-state index in [2.05, 4.69) is 144 Å². The number of anilines is 3. The first-order chi connectivity index (χ1) is 26.2. The minimum absolute atomic E-state index is 0.115. The average molecular weight is 686 g/mol. The van der Waals surface area contributed by atoms with Crippen molar-refractivity contribution in [3.8, 4) is 33.4 Å². The van der Waals surface area contributed by atoms with Gasteiger partial charge in [-0.05, 0) is 149 Å². The summed E-state index contributed by atoms with van der Waals surface area (Å²) in [6.45, 7) is 0. The van der Waals surface area contributed by atoms with Gasteiger partial charge < -0.3 is 4.90 Å². The highest BCUT2D eigenvalue weighted by Crippen LogP contribution is 2.68. The van der Waals surface area contributed by atoms with E-state index in [4.69, 9.17) is 0 Å². The van der Waals surface area contributed by atoms with Crippen molar-refractivity contribution >= 4 is 17.1 Å². The van der Waals surface area contributed by atoms with Crippen LogP contribution in [-0.2, 0) is 10.8 Å². The van der Waals surface area contributed by atoms with Crippen molar-refractivity contribution in [3.05, 3.63) is 162 Å². The maximum Gasteiger partial charge on any atom is 0.0540 e. The van der Waals surface area contributed by atoms with Crippen LogP contribution in [0.5, 0.6) is 0 Å². The third-order valence-corrected chi connectivity index (χ3v) is 15.3. The molecule has 7 aliphatic carbocycles. The molecular formula is C52H47N. The Bertz CT molecular complexity index is 2400. The highest BCUT2D eigenvalue weighted by Gasteiger charge is 2.59. The zero-order valence-electron chi connectivity index (χ0n) is 30.6. The van der Waals surface area contributed by atoms with Crippen molar-refractivity contribution in [2.75, 3.05) is 4.90 Å². The highest BCUT2D eigenvalue weighted by atomic mass is 15.1. The van der Waals surface area contributed by atoms with Gasteiger partial charge in [0.2, 0.25) is 0 Å². The molecule has 0 radical (unpaired) electrons. The van der Waals surface area contributed by atoms with Crippen LogP contribution in [0.2, 0.25) is 0 Å². The molecule has 0 aliphatic heterocycles. The molecule has 0 saturated heterocycles. The zero-order valence-corrected chi connectivity index (χ0v) is 30.6. The number of para-hydroxylation sites is 1. The van der Waals surface area contributed by atoms with E-state index in [-0.39, 0.29) is 10.8 Å². The quantitative estimate of drug-likeness (QED) is 0.179. The molecule has 5 fully saturated rings. The molecule has 53 heavy (non-hydrogen) atoms. The fourth-order valence-corrected chi connectivity index (χ4v) is 13.5. The molecule has 6 aromatic rings. The lowest BCUT2D eigenvalue weighted by Crippen LogP contribution is -2.48. The van der Waals surface area contributed by atoms with Crippen LogP contribution in [-0.4, -0.2) is 0 Å². The number of hydrogen-bond donors (Lipinski definition) is 0. The monoisotopic (exact) mass is 685 g/mol. The van der Waals surface area contributed by atoms with Gasteiger partial charge in [-0.2, -0.15) is 0 Å². The summed E-state index contributed by atoms with van der Waals surface area (Å²) in [5.74, 6) is 3.28. The standard InChI is InChI=1S/C52H47N/c1-2-12-36(13-3-1)41-14-6-9-19-50(41)53(39-23-25-47-45(32-39)43-16-4-7-17-46(43)51(47)26-10-11-27-51)40-22-24-44-42-15-5-8-18-48(42)52(49(44)33-40)37-21-20-34-28-35(30-37)31-38(52)29-34/h1-9,12-19,22-25,32-35,37-38H,10-11,20-21,26-31H2/t34?,35-,37?,38?,52?/m0/s1. The van der Waals surface area contributed by atoms with Crippen molar-refractivity contribution in [3.63, 3.8) is 0 Å². The van der Waals surface area contributed by atoms with Gasteiger partial charge in [0, 0.05) is 27.8 Å². The molecule has 4 unspecified atom stereocenters. The van der Waals surface area contributed by atoms with Crippen LogP contribution in [0.25, 0.3) is 33.4 Å². The van der Waals surface area contributed by atoms with E-state index >= 15 is 0 Å². The van der Waals surface area contributed by atoms with Crippen molar-refractivity contribution in [2.24, 2.45) is 23.7 Å². The number of benzene rings is 6. The number of nitrogens with zero attached hydrogens (tertiary/aromatic N) is 1. The number of rotatable bonds is 4. The fraction of sp³-hybridized carbons (Fsp3) is 0.308. The van der Waals surface area contributed by atoms with E-state index in [1.165, 1.54) is 115 Å². The van der Waals surface area contributed by atoms with Crippen LogP contribution in [0.1, 0.15) is 86.5 Å². The molecule has 5 atom stereocenters. The molecule has 6 aromatic carbocycles. The second-order valence-electron chi connectivity index (χ2n) is 17.6. The maximum absolute atomic E-state index is 2.68. The van der Waals surface area contributed by atoms with Crippen molar-refractivity contribution in [2.45, 2.75) is 75.0 Å². The SMILES string of the molecule is c1ccc(-c2ccccc2N(c2ccc3c(c2)-c2ccccc2C32CCCC2)c2ccc3c(c2)C2(c4ccccc4-3)C3CCC4CC2C[C@@H](C4)C3)cc1. The summed E-state index contributed by atoms with van der Waals surface area (Å²) >= 11 is 0. The van der Waals surface area contributed by atoms with Gasteiger partial charge in [0.05, 0.1) is 5.69 Å². The summed E-state index contributed by atoms with van der Waals surface area (Å²) in [6, 6.07) is 54.2. The van der Waals surface area contributed by atoms with Gasteiger partial charge in [0.15, 0.2) is 0 Å². The van der Waals surface area contributed by atoms with Gasteiger partial charge in [-0.3, -0.25) is 0 Å². The fourth-order valence-electron chi connectivity index (χ4n) is 13.5. The first-order valence-electron chi connectivity index (χ1n) is 20.7. The predicted molar refractivity (Wildman–Crippen MR) is 219 cm³/mol. The molecule has 2 spiro atoms. The largest absolute Gasteiger partial charge is 0.310 e. The average Bonchev–Trinajstić information content (AvgIpc) is 3.84. The van der Waals surface area contributed by atoms with Crippen LogP contribution >= 0.6 is 0 Å². The normalized spacial score (nSPS) is 26.3. The first kappa shape index (κ1) is 30.6. The zero-order chi connectivity index (χ0) is 34.7. The van der Waals surface area contributed by atoms with Crippen LogP contribution in [0, 0.1) is 23.7 Å². The Labute approximate surface area is 314 Å². The molecule has 0 N–H and O–H groups in total. The summed E-state index contributed by atoms with van der Waals surface area (Å²) in [4.78, 5) is 2.62. The highest BCUT2D eigenvalue weighted by molar-refractivity contribution is 5.93. The lowest BCUT2D eigenvalue weighted by atomic mass is 9.51. The Morgan fingerprint density at radius 3 is 1.91 bits per heavy atom. The van der Waals surface area contributed by atoms with Gasteiger partial charge in [-0.15, -0.1) is 0 Å². The Hall–Kier alpha value is -4.88. The predicted octanol–water partition coefficient (Wildman–Crippen LogP) is 13.8. The van der Waals surface area contributed by atoms with Crippen molar-refractivity contribution < 1.29 is 0 Å². The second kappa shape index (κ2) is 11.3. The third-order valence-electron chi connectivity index (χ3n) is 15.3. The van der Waals surface area contributed by atoms with Gasteiger partial charge in [0.25, 0.3) is 0 Å². The molecule has 7 aliphatic rings. The van der Waals surface area contributed by atoms with E-state index in [9.17, 15) is 0 Å². The van der Waals surface area contributed by atoms with Crippen molar-refractivity contribution in [1.29, 1.82) is 0 Å².